The lowest BCUT2D eigenvalue weighted by Gasteiger charge is -1.84. The van der Waals surface area contributed by atoms with Crippen LogP contribution in [-0.4, -0.2) is 0 Å². The predicted molar refractivity (Wildman–Crippen MR) is 42.0 cm³/mol. The molecule has 1 aromatic heterocycles. The summed E-state index contributed by atoms with van der Waals surface area (Å²) in [5.41, 5.74) is 1.93. The molecule has 0 amide bonds. The molecule has 0 saturated heterocycles. The molecular formula is C7H5ClS. The molecule has 0 aliphatic carbocycles. The van der Waals surface area contributed by atoms with Crippen molar-refractivity contribution in [2.75, 3.05) is 0 Å². The van der Waals surface area contributed by atoms with Crippen molar-refractivity contribution < 1.29 is 0 Å². The molecule has 0 aromatic carbocycles. The van der Waals surface area contributed by atoms with E-state index in [1.54, 1.807) is 0 Å². The fourth-order valence-corrected chi connectivity index (χ4v) is 1.52. The Balaban J connectivity index is 3.24. The predicted octanol–water partition coefficient (Wildman–Crippen LogP) is 2.69. The molecule has 0 fully saturated rings. The number of hydrogen-bond acceptors (Lipinski definition) is 1. The summed E-state index contributed by atoms with van der Waals surface area (Å²) < 4.78 is 0.794. The van der Waals surface area contributed by atoms with Crippen LogP contribution in [0.5, 0.6) is 0 Å². The van der Waals surface area contributed by atoms with Crippen molar-refractivity contribution in [3.05, 3.63) is 20.8 Å². The van der Waals surface area contributed by atoms with Gasteiger partial charge >= 0.3 is 0 Å². The van der Waals surface area contributed by atoms with Crippen LogP contribution in [-0.2, 0) is 0 Å². The summed E-state index contributed by atoms with van der Waals surface area (Å²) in [6.07, 6.45) is 5.16. The van der Waals surface area contributed by atoms with Crippen molar-refractivity contribution in [3.8, 4) is 12.3 Å². The lowest BCUT2D eigenvalue weighted by Crippen LogP contribution is -1.69. The molecule has 1 rings (SSSR count). The average Bonchev–Trinajstić information content (AvgIpc) is 2.15. The first-order valence-corrected chi connectivity index (χ1v) is 3.71. The summed E-state index contributed by atoms with van der Waals surface area (Å²) in [5.74, 6) is 2.54. The molecule has 0 aliphatic rings. The quantitative estimate of drug-likeness (QED) is 0.507. The van der Waals surface area contributed by atoms with Gasteiger partial charge in [0.1, 0.15) is 0 Å². The topological polar surface area (TPSA) is 0 Å². The maximum atomic E-state index is 5.73. The SMILES string of the molecule is C#Cc1csc(Cl)c1C. The van der Waals surface area contributed by atoms with E-state index < -0.39 is 0 Å². The zero-order valence-electron chi connectivity index (χ0n) is 4.94. The summed E-state index contributed by atoms with van der Waals surface area (Å²) in [5, 5.41) is 1.89. The minimum absolute atomic E-state index is 0.794. The Bertz CT molecular complexity index is 254. The Hall–Kier alpha value is -0.450. The third-order valence-electron chi connectivity index (χ3n) is 1.13. The molecule has 1 aromatic rings. The Morgan fingerprint density at radius 2 is 2.44 bits per heavy atom. The van der Waals surface area contributed by atoms with Gasteiger partial charge in [-0.25, -0.2) is 0 Å². The number of thiophene rings is 1. The van der Waals surface area contributed by atoms with Crippen molar-refractivity contribution in [2.24, 2.45) is 0 Å². The van der Waals surface area contributed by atoms with Gasteiger partial charge in [0.05, 0.1) is 4.34 Å². The van der Waals surface area contributed by atoms with Crippen LogP contribution in [0, 0.1) is 19.3 Å². The third-order valence-corrected chi connectivity index (χ3v) is 2.55. The summed E-state index contributed by atoms with van der Waals surface area (Å²) in [7, 11) is 0. The second-order valence-corrected chi connectivity index (χ2v) is 3.17. The van der Waals surface area contributed by atoms with Gasteiger partial charge in [-0.1, -0.05) is 17.5 Å². The number of rotatable bonds is 0. The first-order chi connectivity index (χ1) is 4.25. The highest BCUT2D eigenvalue weighted by molar-refractivity contribution is 7.14. The zero-order chi connectivity index (χ0) is 6.85. The van der Waals surface area contributed by atoms with E-state index in [4.69, 9.17) is 18.0 Å². The molecule has 0 saturated carbocycles. The van der Waals surface area contributed by atoms with E-state index in [1.807, 2.05) is 12.3 Å². The number of halogens is 1. The van der Waals surface area contributed by atoms with E-state index in [1.165, 1.54) is 11.3 Å². The van der Waals surface area contributed by atoms with E-state index in [0.29, 0.717) is 0 Å². The minimum atomic E-state index is 0.794. The molecule has 0 atom stereocenters. The Kier molecular flexibility index (Phi) is 1.80. The van der Waals surface area contributed by atoms with Gasteiger partial charge in [-0.05, 0) is 12.5 Å². The Labute approximate surface area is 63.5 Å². The maximum absolute atomic E-state index is 5.73. The second kappa shape index (κ2) is 2.43. The first-order valence-electron chi connectivity index (χ1n) is 2.46. The van der Waals surface area contributed by atoms with Gasteiger partial charge in [-0.2, -0.15) is 0 Å². The molecular weight excluding hydrogens is 152 g/mol. The van der Waals surface area contributed by atoms with E-state index in [-0.39, 0.29) is 0 Å². The molecule has 0 bridgehead atoms. The Morgan fingerprint density at radius 3 is 2.67 bits per heavy atom. The molecule has 1 heterocycles. The zero-order valence-corrected chi connectivity index (χ0v) is 6.51. The normalized spacial score (nSPS) is 9.00. The van der Waals surface area contributed by atoms with Gasteiger partial charge in [-0.15, -0.1) is 17.8 Å². The monoisotopic (exact) mass is 156 g/mol. The standard InChI is InChI=1S/C7H5ClS/c1-3-6-4-9-7(8)5(6)2/h1,4H,2H3. The fraction of sp³-hybridized carbons (Fsp3) is 0.143. The van der Waals surface area contributed by atoms with Gasteiger partial charge in [0, 0.05) is 10.9 Å². The average molecular weight is 157 g/mol. The molecule has 0 aliphatic heterocycles. The minimum Gasteiger partial charge on any atom is -0.130 e. The molecule has 0 N–H and O–H groups in total. The molecule has 0 spiro atoms. The first kappa shape index (κ1) is 6.67. The van der Waals surface area contributed by atoms with Gasteiger partial charge in [0.15, 0.2) is 0 Å². The van der Waals surface area contributed by atoms with Crippen molar-refractivity contribution in [1.82, 2.24) is 0 Å². The van der Waals surface area contributed by atoms with Crippen molar-refractivity contribution in [2.45, 2.75) is 6.92 Å². The van der Waals surface area contributed by atoms with Crippen LogP contribution < -0.4 is 0 Å². The van der Waals surface area contributed by atoms with Crippen molar-refractivity contribution >= 4 is 22.9 Å². The summed E-state index contributed by atoms with van der Waals surface area (Å²) in [6.45, 7) is 1.92. The van der Waals surface area contributed by atoms with Crippen LogP contribution in [0.2, 0.25) is 4.34 Å². The van der Waals surface area contributed by atoms with Crippen LogP contribution in [0.25, 0.3) is 0 Å². The summed E-state index contributed by atoms with van der Waals surface area (Å²) in [4.78, 5) is 0. The van der Waals surface area contributed by atoms with Crippen LogP contribution in [0.3, 0.4) is 0 Å². The van der Waals surface area contributed by atoms with Gasteiger partial charge in [0.25, 0.3) is 0 Å². The van der Waals surface area contributed by atoms with Crippen LogP contribution in [0.15, 0.2) is 5.38 Å². The van der Waals surface area contributed by atoms with Gasteiger partial charge in [-0.3, -0.25) is 0 Å². The third kappa shape index (κ3) is 1.10. The summed E-state index contributed by atoms with van der Waals surface area (Å²) >= 11 is 7.21. The maximum Gasteiger partial charge on any atom is 0.0970 e. The van der Waals surface area contributed by atoms with Gasteiger partial charge in [0.2, 0.25) is 0 Å². The molecule has 0 radical (unpaired) electrons. The van der Waals surface area contributed by atoms with E-state index in [2.05, 4.69) is 5.92 Å². The van der Waals surface area contributed by atoms with Gasteiger partial charge < -0.3 is 0 Å². The smallest absolute Gasteiger partial charge is 0.0970 e. The molecule has 0 unspecified atom stereocenters. The lowest BCUT2D eigenvalue weighted by atomic mass is 10.2. The van der Waals surface area contributed by atoms with E-state index in [0.717, 1.165) is 15.5 Å². The van der Waals surface area contributed by atoms with Crippen LogP contribution in [0.1, 0.15) is 11.1 Å². The van der Waals surface area contributed by atoms with Crippen molar-refractivity contribution in [1.29, 1.82) is 0 Å². The highest BCUT2D eigenvalue weighted by Gasteiger charge is 2.00. The van der Waals surface area contributed by atoms with Crippen LogP contribution in [0.4, 0.5) is 0 Å². The largest absolute Gasteiger partial charge is 0.130 e. The molecule has 2 heteroatoms. The fourth-order valence-electron chi connectivity index (χ4n) is 0.536. The van der Waals surface area contributed by atoms with Crippen molar-refractivity contribution in [3.63, 3.8) is 0 Å². The highest BCUT2D eigenvalue weighted by Crippen LogP contribution is 2.25. The number of hydrogen-bond donors (Lipinski definition) is 0. The molecule has 0 nitrogen and oxygen atoms in total. The molecule has 46 valence electrons. The Morgan fingerprint density at radius 1 is 1.78 bits per heavy atom. The van der Waals surface area contributed by atoms with Crippen LogP contribution >= 0.6 is 22.9 Å². The highest BCUT2D eigenvalue weighted by atomic mass is 35.5. The lowest BCUT2D eigenvalue weighted by molar-refractivity contribution is 1.52. The van der Waals surface area contributed by atoms with E-state index in [9.17, 15) is 0 Å². The molecule has 9 heavy (non-hydrogen) atoms. The summed E-state index contributed by atoms with van der Waals surface area (Å²) in [6, 6.07) is 0. The van der Waals surface area contributed by atoms with E-state index >= 15 is 0 Å². The number of terminal acetylenes is 1. The second-order valence-electron chi connectivity index (χ2n) is 1.69.